The molecule has 0 spiro atoms. The van der Waals surface area contributed by atoms with Crippen molar-refractivity contribution >= 4 is 10.8 Å². The molecule has 2 nitrogen and oxygen atoms in total. The highest BCUT2D eigenvalue weighted by Crippen LogP contribution is 2.30. The maximum absolute atomic E-state index is 13.9. The number of rotatable bonds is 3. The van der Waals surface area contributed by atoms with Gasteiger partial charge in [0.05, 0.1) is 12.3 Å². The predicted octanol–water partition coefficient (Wildman–Crippen LogP) is 4.19. The summed E-state index contributed by atoms with van der Waals surface area (Å²) in [5.41, 5.74) is 2.09. The molecule has 0 bridgehead atoms. The van der Waals surface area contributed by atoms with Crippen LogP contribution in [0.5, 0.6) is 0 Å². The minimum absolute atomic E-state index is 0.0158. The molecule has 102 valence electrons. The molecule has 1 unspecified atom stereocenters. The van der Waals surface area contributed by atoms with Gasteiger partial charge in [0.25, 0.3) is 0 Å². The van der Waals surface area contributed by atoms with E-state index in [1.807, 2.05) is 50.4 Å². The van der Waals surface area contributed by atoms with Crippen molar-refractivity contribution in [2.45, 2.75) is 13.0 Å². The van der Waals surface area contributed by atoms with Gasteiger partial charge in [0.15, 0.2) is 0 Å². The lowest BCUT2D eigenvalue weighted by atomic mass is 9.95. The Labute approximate surface area is 117 Å². The summed E-state index contributed by atoms with van der Waals surface area (Å²) in [5.74, 6) is 0.675. The number of furan rings is 1. The molecule has 1 atom stereocenters. The van der Waals surface area contributed by atoms with Crippen LogP contribution in [0.15, 0.2) is 53.1 Å². The van der Waals surface area contributed by atoms with Gasteiger partial charge in [-0.05, 0) is 37.1 Å². The Kier molecular flexibility index (Phi) is 3.28. The fourth-order valence-electron chi connectivity index (χ4n) is 2.65. The first-order chi connectivity index (χ1) is 9.70. The molecule has 1 N–H and O–H groups in total. The molecule has 1 heterocycles. The standard InChI is InChI=1S/C17H16FNO/c1-11-9-12(10-20-11)17(19-2)15-7-8-16(18)14-6-4-3-5-13(14)15/h3-10,17,19H,1-2H3. The van der Waals surface area contributed by atoms with Crippen LogP contribution in [0.3, 0.4) is 0 Å². The van der Waals surface area contributed by atoms with E-state index in [0.29, 0.717) is 5.39 Å². The Morgan fingerprint density at radius 2 is 1.85 bits per heavy atom. The molecule has 1 aromatic heterocycles. The van der Waals surface area contributed by atoms with Gasteiger partial charge in [0.2, 0.25) is 0 Å². The van der Waals surface area contributed by atoms with Crippen LogP contribution in [-0.4, -0.2) is 7.05 Å². The SMILES string of the molecule is CNC(c1coc(C)c1)c1ccc(F)c2ccccc12. The van der Waals surface area contributed by atoms with Gasteiger partial charge in [-0.15, -0.1) is 0 Å². The van der Waals surface area contributed by atoms with Gasteiger partial charge in [0, 0.05) is 10.9 Å². The molecule has 2 aromatic carbocycles. The number of halogens is 1. The van der Waals surface area contributed by atoms with Crippen molar-refractivity contribution in [3.63, 3.8) is 0 Å². The van der Waals surface area contributed by atoms with E-state index < -0.39 is 0 Å². The zero-order chi connectivity index (χ0) is 14.1. The zero-order valence-electron chi connectivity index (χ0n) is 11.5. The third-order valence-electron chi connectivity index (χ3n) is 3.59. The number of benzene rings is 2. The second-order valence-electron chi connectivity index (χ2n) is 4.89. The Morgan fingerprint density at radius 1 is 1.10 bits per heavy atom. The summed E-state index contributed by atoms with van der Waals surface area (Å²) in [5, 5.41) is 4.84. The van der Waals surface area contributed by atoms with Crippen LogP contribution in [-0.2, 0) is 0 Å². The fourth-order valence-corrected chi connectivity index (χ4v) is 2.65. The van der Waals surface area contributed by atoms with Crippen LogP contribution < -0.4 is 5.32 Å². The number of hydrogen-bond acceptors (Lipinski definition) is 2. The third-order valence-corrected chi connectivity index (χ3v) is 3.59. The summed E-state index contributed by atoms with van der Waals surface area (Å²) in [6, 6.07) is 12.9. The van der Waals surface area contributed by atoms with E-state index in [0.717, 1.165) is 22.3 Å². The molecule has 3 heteroatoms. The maximum atomic E-state index is 13.9. The second kappa shape index (κ2) is 5.10. The number of nitrogens with one attached hydrogen (secondary N) is 1. The van der Waals surface area contributed by atoms with Crippen molar-refractivity contribution in [2.24, 2.45) is 0 Å². The molecule has 0 aliphatic heterocycles. The molecular formula is C17H16FNO. The normalized spacial score (nSPS) is 12.8. The van der Waals surface area contributed by atoms with Gasteiger partial charge in [0.1, 0.15) is 11.6 Å². The quantitative estimate of drug-likeness (QED) is 0.771. The minimum atomic E-state index is -0.192. The first-order valence-electron chi connectivity index (χ1n) is 6.60. The Bertz CT molecular complexity index is 748. The molecule has 0 radical (unpaired) electrons. The summed E-state index contributed by atoms with van der Waals surface area (Å²) in [6.45, 7) is 1.92. The van der Waals surface area contributed by atoms with Crippen molar-refractivity contribution in [1.29, 1.82) is 0 Å². The highest BCUT2D eigenvalue weighted by molar-refractivity contribution is 5.87. The molecule has 3 rings (SSSR count). The van der Waals surface area contributed by atoms with Gasteiger partial charge in [-0.3, -0.25) is 0 Å². The zero-order valence-corrected chi connectivity index (χ0v) is 11.5. The molecule has 0 saturated carbocycles. The molecule has 0 fully saturated rings. The van der Waals surface area contributed by atoms with Gasteiger partial charge in [-0.25, -0.2) is 4.39 Å². The summed E-state index contributed by atoms with van der Waals surface area (Å²) in [6.07, 6.45) is 1.74. The molecule has 3 aromatic rings. The third kappa shape index (κ3) is 2.10. The first-order valence-corrected chi connectivity index (χ1v) is 6.60. The van der Waals surface area contributed by atoms with E-state index in [1.165, 1.54) is 6.07 Å². The highest BCUT2D eigenvalue weighted by Gasteiger charge is 2.17. The van der Waals surface area contributed by atoms with E-state index in [4.69, 9.17) is 4.42 Å². The Hall–Kier alpha value is -2.13. The lowest BCUT2D eigenvalue weighted by Gasteiger charge is -2.17. The monoisotopic (exact) mass is 269 g/mol. The number of fused-ring (bicyclic) bond motifs is 1. The van der Waals surface area contributed by atoms with E-state index in [2.05, 4.69) is 5.32 Å². The largest absolute Gasteiger partial charge is 0.469 e. The molecule has 0 amide bonds. The number of hydrogen-bond donors (Lipinski definition) is 1. The van der Waals surface area contributed by atoms with Crippen molar-refractivity contribution in [2.75, 3.05) is 7.05 Å². The van der Waals surface area contributed by atoms with Gasteiger partial charge < -0.3 is 9.73 Å². The van der Waals surface area contributed by atoms with Crippen molar-refractivity contribution in [1.82, 2.24) is 5.32 Å². The number of aryl methyl sites for hydroxylation is 1. The maximum Gasteiger partial charge on any atom is 0.131 e. The van der Waals surface area contributed by atoms with Crippen LogP contribution >= 0.6 is 0 Å². The van der Waals surface area contributed by atoms with Gasteiger partial charge in [-0.2, -0.15) is 0 Å². The van der Waals surface area contributed by atoms with Crippen molar-refractivity contribution in [3.8, 4) is 0 Å². The van der Waals surface area contributed by atoms with Crippen molar-refractivity contribution in [3.05, 3.63) is 71.4 Å². The molecule has 20 heavy (non-hydrogen) atoms. The average Bonchev–Trinajstić information content (AvgIpc) is 2.89. The lowest BCUT2D eigenvalue weighted by molar-refractivity contribution is 0.528. The van der Waals surface area contributed by atoms with Gasteiger partial charge in [-0.1, -0.05) is 30.3 Å². The minimum Gasteiger partial charge on any atom is -0.469 e. The van der Waals surface area contributed by atoms with E-state index >= 15 is 0 Å². The molecule has 0 saturated heterocycles. The smallest absolute Gasteiger partial charge is 0.131 e. The summed E-state index contributed by atoms with van der Waals surface area (Å²) in [4.78, 5) is 0. The summed E-state index contributed by atoms with van der Waals surface area (Å²) >= 11 is 0. The Morgan fingerprint density at radius 3 is 2.50 bits per heavy atom. The van der Waals surface area contributed by atoms with E-state index in [9.17, 15) is 4.39 Å². The van der Waals surface area contributed by atoms with Crippen LogP contribution in [0.1, 0.15) is 22.9 Å². The lowest BCUT2D eigenvalue weighted by Crippen LogP contribution is -2.17. The van der Waals surface area contributed by atoms with E-state index in [1.54, 1.807) is 6.26 Å². The summed E-state index contributed by atoms with van der Waals surface area (Å²) < 4.78 is 19.3. The predicted molar refractivity (Wildman–Crippen MR) is 78.3 cm³/mol. The van der Waals surface area contributed by atoms with Crippen LogP contribution in [0.2, 0.25) is 0 Å². The molecular weight excluding hydrogens is 253 g/mol. The van der Waals surface area contributed by atoms with E-state index in [-0.39, 0.29) is 11.9 Å². The first kappa shape index (κ1) is 12.9. The van der Waals surface area contributed by atoms with Crippen molar-refractivity contribution < 1.29 is 8.81 Å². The van der Waals surface area contributed by atoms with Gasteiger partial charge >= 0.3 is 0 Å². The average molecular weight is 269 g/mol. The molecule has 0 aliphatic carbocycles. The summed E-state index contributed by atoms with van der Waals surface area (Å²) in [7, 11) is 1.89. The van der Waals surface area contributed by atoms with Crippen LogP contribution in [0, 0.1) is 12.7 Å². The van der Waals surface area contributed by atoms with Crippen LogP contribution in [0.4, 0.5) is 4.39 Å². The van der Waals surface area contributed by atoms with Crippen LogP contribution in [0.25, 0.3) is 10.8 Å². The fraction of sp³-hybridized carbons (Fsp3) is 0.176. The second-order valence-corrected chi connectivity index (χ2v) is 4.89. The highest BCUT2D eigenvalue weighted by atomic mass is 19.1. The Balaban J connectivity index is 2.20. The topological polar surface area (TPSA) is 25.2 Å². The molecule has 0 aliphatic rings.